The van der Waals surface area contributed by atoms with Gasteiger partial charge in [0, 0.05) is 10.0 Å². The fourth-order valence-corrected chi connectivity index (χ4v) is 2.67. The fourth-order valence-electron chi connectivity index (χ4n) is 2.26. The monoisotopic (exact) mass is 337 g/mol. The summed E-state index contributed by atoms with van der Waals surface area (Å²) in [7, 11) is 4.16. The number of benzene rings is 2. The molecule has 2 rings (SSSR count). The molecule has 0 bridgehead atoms. The quantitative estimate of drug-likeness (QED) is 0.699. The molecule has 22 heavy (non-hydrogen) atoms. The van der Waals surface area contributed by atoms with Gasteiger partial charge in [-0.25, -0.2) is 0 Å². The minimum atomic E-state index is 0.503. The van der Waals surface area contributed by atoms with Gasteiger partial charge < -0.3 is 9.64 Å². The lowest BCUT2D eigenvalue weighted by Crippen LogP contribution is -2.13. The maximum atomic E-state index is 6.11. The van der Waals surface area contributed by atoms with Crippen molar-refractivity contribution in [1.82, 2.24) is 4.90 Å². The summed E-state index contributed by atoms with van der Waals surface area (Å²) in [6.45, 7) is 1.54. The molecule has 0 saturated heterocycles. The summed E-state index contributed by atoms with van der Waals surface area (Å²) >= 11 is 12.1. The van der Waals surface area contributed by atoms with Gasteiger partial charge in [-0.3, -0.25) is 0 Å². The van der Waals surface area contributed by atoms with Crippen molar-refractivity contribution in [3.63, 3.8) is 0 Å². The second-order valence-corrected chi connectivity index (χ2v) is 6.45. The van der Waals surface area contributed by atoms with E-state index in [0.717, 1.165) is 46.3 Å². The molecule has 0 aliphatic heterocycles. The second-order valence-electron chi connectivity index (χ2n) is 5.58. The van der Waals surface area contributed by atoms with Crippen LogP contribution in [0.2, 0.25) is 10.0 Å². The highest BCUT2D eigenvalue weighted by molar-refractivity contribution is 6.30. The molecule has 0 N–H and O–H groups in total. The van der Waals surface area contributed by atoms with Crippen LogP contribution in [-0.2, 0) is 13.0 Å². The van der Waals surface area contributed by atoms with Gasteiger partial charge in [-0.05, 0) is 74.9 Å². The molecule has 0 fully saturated rings. The largest absolute Gasteiger partial charge is 0.489 e. The SMILES string of the molecule is CN(C)CCCc1cc(Cl)ccc1OCc1cccc(Cl)c1. The topological polar surface area (TPSA) is 12.5 Å². The minimum Gasteiger partial charge on any atom is -0.489 e. The highest BCUT2D eigenvalue weighted by atomic mass is 35.5. The first-order chi connectivity index (χ1) is 10.5. The molecule has 0 heterocycles. The summed E-state index contributed by atoms with van der Waals surface area (Å²) in [5, 5.41) is 1.47. The van der Waals surface area contributed by atoms with Gasteiger partial charge in [0.05, 0.1) is 0 Å². The number of nitrogens with zero attached hydrogens (tertiary/aromatic N) is 1. The summed E-state index contributed by atoms with van der Waals surface area (Å²) < 4.78 is 5.96. The molecule has 4 heteroatoms. The average molecular weight is 338 g/mol. The summed E-state index contributed by atoms with van der Waals surface area (Å²) in [5.41, 5.74) is 2.21. The Morgan fingerprint density at radius 2 is 1.77 bits per heavy atom. The van der Waals surface area contributed by atoms with Crippen LogP contribution in [-0.4, -0.2) is 25.5 Å². The Morgan fingerprint density at radius 3 is 2.50 bits per heavy atom. The number of halogens is 2. The highest BCUT2D eigenvalue weighted by Gasteiger charge is 2.06. The predicted molar refractivity (Wildman–Crippen MR) is 94.1 cm³/mol. The number of rotatable bonds is 7. The Morgan fingerprint density at radius 1 is 1.00 bits per heavy atom. The van der Waals surface area contributed by atoms with E-state index in [1.807, 2.05) is 42.5 Å². The molecule has 0 saturated carbocycles. The Balaban J connectivity index is 2.03. The lowest BCUT2D eigenvalue weighted by atomic mass is 10.1. The number of aryl methyl sites for hydroxylation is 1. The molecular weight excluding hydrogens is 317 g/mol. The van der Waals surface area contributed by atoms with E-state index >= 15 is 0 Å². The van der Waals surface area contributed by atoms with Gasteiger partial charge in [-0.15, -0.1) is 0 Å². The maximum absolute atomic E-state index is 6.11. The second kappa shape index (κ2) is 8.42. The zero-order valence-corrected chi connectivity index (χ0v) is 14.5. The van der Waals surface area contributed by atoms with E-state index in [9.17, 15) is 0 Å². The molecule has 0 unspecified atom stereocenters. The zero-order valence-electron chi connectivity index (χ0n) is 13.0. The Labute approximate surface area is 142 Å². The molecule has 2 aromatic rings. The predicted octanol–water partition coefficient (Wildman–Crippen LogP) is 5.07. The summed E-state index contributed by atoms with van der Waals surface area (Å²) in [6.07, 6.45) is 2.02. The lowest BCUT2D eigenvalue weighted by molar-refractivity contribution is 0.302. The first-order valence-electron chi connectivity index (χ1n) is 7.35. The van der Waals surface area contributed by atoms with Crippen LogP contribution < -0.4 is 4.74 Å². The van der Waals surface area contributed by atoms with Crippen LogP contribution in [0.25, 0.3) is 0 Å². The molecule has 0 aliphatic carbocycles. The van der Waals surface area contributed by atoms with Gasteiger partial charge in [0.1, 0.15) is 12.4 Å². The standard InChI is InChI=1S/C18H21Cl2NO/c1-21(2)10-4-6-15-12-17(20)8-9-18(15)22-13-14-5-3-7-16(19)11-14/h3,5,7-9,11-12H,4,6,10,13H2,1-2H3. The van der Waals surface area contributed by atoms with Crippen LogP contribution in [0.1, 0.15) is 17.5 Å². The molecule has 2 aromatic carbocycles. The van der Waals surface area contributed by atoms with Gasteiger partial charge in [-0.1, -0.05) is 35.3 Å². The lowest BCUT2D eigenvalue weighted by Gasteiger charge is -2.14. The summed E-state index contributed by atoms with van der Waals surface area (Å²) in [6, 6.07) is 13.5. The van der Waals surface area contributed by atoms with E-state index in [4.69, 9.17) is 27.9 Å². The van der Waals surface area contributed by atoms with Gasteiger partial charge in [0.25, 0.3) is 0 Å². The van der Waals surface area contributed by atoms with Crippen LogP contribution in [0.3, 0.4) is 0 Å². The molecule has 0 amide bonds. The number of ether oxygens (including phenoxy) is 1. The highest BCUT2D eigenvalue weighted by Crippen LogP contribution is 2.25. The summed E-state index contributed by atoms with van der Waals surface area (Å²) in [5.74, 6) is 0.892. The molecular formula is C18H21Cl2NO. The van der Waals surface area contributed by atoms with E-state index in [2.05, 4.69) is 19.0 Å². The maximum Gasteiger partial charge on any atom is 0.123 e. The smallest absolute Gasteiger partial charge is 0.123 e. The molecule has 2 nitrogen and oxygen atoms in total. The molecule has 0 aliphatic rings. The minimum absolute atomic E-state index is 0.503. The molecule has 0 spiro atoms. The van der Waals surface area contributed by atoms with Crippen molar-refractivity contribution >= 4 is 23.2 Å². The van der Waals surface area contributed by atoms with Crippen molar-refractivity contribution in [3.05, 3.63) is 63.6 Å². The normalized spacial score (nSPS) is 11.0. The van der Waals surface area contributed by atoms with Crippen molar-refractivity contribution in [2.75, 3.05) is 20.6 Å². The van der Waals surface area contributed by atoms with Crippen LogP contribution in [0, 0.1) is 0 Å². The first-order valence-corrected chi connectivity index (χ1v) is 8.10. The van der Waals surface area contributed by atoms with Crippen molar-refractivity contribution in [3.8, 4) is 5.75 Å². The van der Waals surface area contributed by atoms with Gasteiger partial charge in [0.2, 0.25) is 0 Å². The van der Waals surface area contributed by atoms with Crippen molar-refractivity contribution in [2.45, 2.75) is 19.4 Å². The molecule has 0 atom stereocenters. The first kappa shape index (κ1) is 17.1. The molecule has 0 radical (unpaired) electrons. The van der Waals surface area contributed by atoms with E-state index in [1.54, 1.807) is 0 Å². The Hall–Kier alpha value is -1.22. The fraction of sp³-hybridized carbons (Fsp3) is 0.333. The van der Waals surface area contributed by atoms with Crippen LogP contribution in [0.4, 0.5) is 0 Å². The van der Waals surface area contributed by atoms with E-state index in [-0.39, 0.29) is 0 Å². The molecule has 0 aromatic heterocycles. The van der Waals surface area contributed by atoms with Gasteiger partial charge in [0.15, 0.2) is 0 Å². The molecule has 118 valence electrons. The van der Waals surface area contributed by atoms with Crippen LogP contribution in [0.15, 0.2) is 42.5 Å². The Bertz CT molecular complexity index is 614. The third-order valence-corrected chi connectivity index (χ3v) is 3.83. The van der Waals surface area contributed by atoms with Crippen molar-refractivity contribution in [1.29, 1.82) is 0 Å². The number of hydrogen-bond donors (Lipinski definition) is 0. The van der Waals surface area contributed by atoms with E-state index in [0.29, 0.717) is 6.61 Å². The van der Waals surface area contributed by atoms with Crippen molar-refractivity contribution < 1.29 is 4.74 Å². The average Bonchev–Trinajstić information content (AvgIpc) is 2.46. The van der Waals surface area contributed by atoms with E-state index < -0.39 is 0 Å². The van der Waals surface area contributed by atoms with E-state index in [1.165, 1.54) is 0 Å². The summed E-state index contributed by atoms with van der Waals surface area (Å²) in [4.78, 5) is 2.18. The zero-order chi connectivity index (χ0) is 15.9. The van der Waals surface area contributed by atoms with Crippen LogP contribution >= 0.6 is 23.2 Å². The van der Waals surface area contributed by atoms with Gasteiger partial charge in [-0.2, -0.15) is 0 Å². The third-order valence-electron chi connectivity index (χ3n) is 3.36. The van der Waals surface area contributed by atoms with Crippen molar-refractivity contribution in [2.24, 2.45) is 0 Å². The van der Waals surface area contributed by atoms with Gasteiger partial charge >= 0.3 is 0 Å². The number of hydrogen-bond acceptors (Lipinski definition) is 2. The Kier molecular flexibility index (Phi) is 6.56. The van der Waals surface area contributed by atoms with Crippen LogP contribution in [0.5, 0.6) is 5.75 Å². The third kappa shape index (κ3) is 5.53.